The van der Waals surface area contributed by atoms with Gasteiger partial charge in [0.2, 0.25) is 0 Å². The quantitative estimate of drug-likeness (QED) is 0.891. The molecule has 1 aliphatic heterocycles. The number of nitrogens with one attached hydrogen (secondary N) is 1. The standard InChI is InChI=1S/C16H16ClNO2/c1-20-15-5-2-11(9-14(15)17)16-13-4-3-12(19)8-10(13)6-7-18-16/h2-5,8-9,16,18-19H,6-7H2,1H3. The van der Waals surface area contributed by atoms with Crippen LogP contribution in [0.25, 0.3) is 0 Å². The Balaban J connectivity index is 2.02. The first-order valence-corrected chi connectivity index (χ1v) is 6.95. The monoisotopic (exact) mass is 289 g/mol. The SMILES string of the molecule is COc1ccc(C2NCCc3cc(O)ccc32)cc1Cl. The van der Waals surface area contributed by atoms with Gasteiger partial charge in [-0.25, -0.2) is 0 Å². The maximum Gasteiger partial charge on any atom is 0.137 e. The second-order valence-electron chi connectivity index (χ2n) is 4.91. The van der Waals surface area contributed by atoms with Gasteiger partial charge in [0, 0.05) is 6.54 Å². The number of methoxy groups -OCH3 is 1. The average Bonchev–Trinajstić information content (AvgIpc) is 2.46. The van der Waals surface area contributed by atoms with E-state index in [2.05, 4.69) is 5.32 Å². The molecule has 1 unspecified atom stereocenters. The summed E-state index contributed by atoms with van der Waals surface area (Å²) in [6.45, 7) is 0.880. The van der Waals surface area contributed by atoms with E-state index in [0.29, 0.717) is 16.5 Å². The molecule has 0 fully saturated rings. The molecule has 104 valence electrons. The summed E-state index contributed by atoms with van der Waals surface area (Å²) < 4.78 is 5.19. The number of ether oxygens (including phenoxy) is 1. The van der Waals surface area contributed by atoms with E-state index in [-0.39, 0.29) is 6.04 Å². The van der Waals surface area contributed by atoms with Gasteiger partial charge in [-0.3, -0.25) is 0 Å². The van der Waals surface area contributed by atoms with Crippen molar-refractivity contribution in [3.8, 4) is 11.5 Å². The van der Waals surface area contributed by atoms with E-state index in [1.807, 2.05) is 30.3 Å². The second-order valence-corrected chi connectivity index (χ2v) is 5.32. The van der Waals surface area contributed by atoms with E-state index in [1.54, 1.807) is 13.2 Å². The molecular weight excluding hydrogens is 274 g/mol. The molecule has 0 spiro atoms. The number of hydrogen-bond donors (Lipinski definition) is 2. The summed E-state index contributed by atoms with van der Waals surface area (Å²) in [6.07, 6.45) is 0.921. The van der Waals surface area contributed by atoms with Crippen molar-refractivity contribution in [1.82, 2.24) is 5.32 Å². The highest BCUT2D eigenvalue weighted by Gasteiger charge is 2.22. The Kier molecular flexibility index (Phi) is 3.55. The van der Waals surface area contributed by atoms with Gasteiger partial charge in [-0.2, -0.15) is 0 Å². The highest BCUT2D eigenvalue weighted by Crippen LogP contribution is 2.34. The number of phenols is 1. The number of rotatable bonds is 2. The van der Waals surface area contributed by atoms with Crippen molar-refractivity contribution in [2.75, 3.05) is 13.7 Å². The van der Waals surface area contributed by atoms with Gasteiger partial charge in [-0.05, 0) is 47.4 Å². The Morgan fingerprint density at radius 1 is 1.25 bits per heavy atom. The van der Waals surface area contributed by atoms with Crippen LogP contribution in [0.5, 0.6) is 11.5 Å². The van der Waals surface area contributed by atoms with E-state index in [0.717, 1.165) is 18.5 Å². The lowest BCUT2D eigenvalue weighted by molar-refractivity contribution is 0.414. The van der Waals surface area contributed by atoms with Crippen molar-refractivity contribution in [2.45, 2.75) is 12.5 Å². The first kappa shape index (κ1) is 13.3. The lowest BCUT2D eigenvalue weighted by Crippen LogP contribution is -2.30. The third-order valence-electron chi connectivity index (χ3n) is 3.69. The molecule has 0 saturated carbocycles. The molecule has 3 nitrogen and oxygen atoms in total. The molecule has 0 aromatic heterocycles. The second kappa shape index (κ2) is 5.35. The smallest absolute Gasteiger partial charge is 0.137 e. The Bertz CT molecular complexity index is 642. The van der Waals surface area contributed by atoms with Gasteiger partial charge in [0.05, 0.1) is 18.2 Å². The van der Waals surface area contributed by atoms with Crippen molar-refractivity contribution in [2.24, 2.45) is 0 Å². The number of hydrogen-bond acceptors (Lipinski definition) is 3. The average molecular weight is 290 g/mol. The van der Waals surface area contributed by atoms with Crippen molar-refractivity contribution in [1.29, 1.82) is 0 Å². The highest BCUT2D eigenvalue weighted by atomic mass is 35.5. The fourth-order valence-electron chi connectivity index (χ4n) is 2.71. The zero-order chi connectivity index (χ0) is 14.1. The Morgan fingerprint density at radius 2 is 2.10 bits per heavy atom. The molecule has 0 aliphatic carbocycles. The maximum atomic E-state index is 9.60. The topological polar surface area (TPSA) is 41.5 Å². The van der Waals surface area contributed by atoms with Gasteiger partial charge in [-0.1, -0.05) is 23.7 Å². The van der Waals surface area contributed by atoms with Crippen LogP contribution in [0.3, 0.4) is 0 Å². The first-order valence-electron chi connectivity index (χ1n) is 6.57. The van der Waals surface area contributed by atoms with Crippen molar-refractivity contribution < 1.29 is 9.84 Å². The van der Waals surface area contributed by atoms with Gasteiger partial charge < -0.3 is 15.2 Å². The lowest BCUT2D eigenvalue weighted by Gasteiger charge is -2.27. The van der Waals surface area contributed by atoms with Crippen LogP contribution < -0.4 is 10.1 Å². The number of phenolic OH excluding ortho intramolecular Hbond substituents is 1. The van der Waals surface area contributed by atoms with E-state index in [1.165, 1.54) is 11.1 Å². The molecule has 0 saturated heterocycles. The Labute approximate surface area is 123 Å². The number of halogens is 1. The molecule has 1 heterocycles. The van der Waals surface area contributed by atoms with Crippen LogP contribution in [0.2, 0.25) is 5.02 Å². The molecule has 0 bridgehead atoms. The summed E-state index contributed by atoms with van der Waals surface area (Å²) in [7, 11) is 1.61. The first-order chi connectivity index (χ1) is 9.69. The van der Waals surface area contributed by atoms with Gasteiger partial charge in [0.1, 0.15) is 11.5 Å². The summed E-state index contributed by atoms with van der Waals surface area (Å²) in [4.78, 5) is 0. The molecule has 3 rings (SSSR count). The van der Waals surface area contributed by atoms with Gasteiger partial charge in [0.15, 0.2) is 0 Å². The minimum Gasteiger partial charge on any atom is -0.508 e. The van der Waals surface area contributed by atoms with Crippen molar-refractivity contribution >= 4 is 11.6 Å². The lowest BCUT2D eigenvalue weighted by atomic mass is 9.90. The fraction of sp³-hybridized carbons (Fsp3) is 0.250. The molecule has 4 heteroatoms. The molecular formula is C16H16ClNO2. The number of fused-ring (bicyclic) bond motifs is 1. The number of benzene rings is 2. The highest BCUT2D eigenvalue weighted by molar-refractivity contribution is 6.32. The summed E-state index contributed by atoms with van der Waals surface area (Å²) in [5.74, 6) is 0.995. The summed E-state index contributed by atoms with van der Waals surface area (Å²) in [5, 5.41) is 13.7. The molecule has 2 N–H and O–H groups in total. The molecule has 20 heavy (non-hydrogen) atoms. The van der Waals surface area contributed by atoms with Crippen molar-refractivity contribution in [3.63, 3.8) is 0 Å². The molecule has 1 aliphatic rings. The van der Waals surface area contributed by atoms with Crippen LogP contribution in [-0.2, 0) is 6.42 Å². The fourth-order valence-corrected chi connectivity index (χ4v) is 2.98. The third-order valence-corrected chi connectivity index (χ3v) is 3.98. The third kappa shape index (κ3) is 2.35. The Morgan fingerprint density at radius 3 is 2.85 bits per heavy atom. The minimum atomic E-state index is 0.0998. The van der Waals surface area contributed by atoms with Crippen LogP contribution >= 0.6 is 11.6 Å². The molecule has 2 aromatic carbocycles. The van der Waals surface area contributed by atoms with Crippen LogP contribution in [0.4, 0.5) is 0 Å². The van der Waals surface area contributed by atoms with Gasteiger partial charge in [-0.15, -0.1) is 0 Å². The van der Waals surface area contributed by atoms with E-state index in [9.17, 15) is 5.11 Å². The van der Waals surface area contributed by atoms with Crippen LogP contribution in [0.1, 0.15) is 22.7 Å². The largest absolute Gasteiger partial charge is 0.508 e. The normalized spacial score (nSPS) is 17.6. The molecule has 0 radical (unpaired) electrons. The summed E-state index contributed by atoms with van der Waals surface area (Å²) >= 11 is 6.21. The Hall–Kier alpha value is -1.71. The van der Waals surface area contributed by atoms with Gasteiger partial charge >= 0.3 is 0 Å². The van der Waals surface area contributed by atoms with Crippen LogP contribution in [0, 0.1) is 0 Å². The van der Waals surface area contributed by atoms with E-state index >= 15 is 0 Å². The summed E-state index contributed by atoms with van der Waals surface area (Å²) in [6, 6.07) is 11.5. The minimum absolute atomic E-state index is 0.0998. The zero-order valence-electron chi connectivity index (χ0n) is 11.2. The molecule has 2 aromatic rings. The zero-order valence-corrected chi connectivity index (χ0v) is 11.9. The number of aromatic hydroxyl groups is 1. The maximum absolute atomic E-state index is 9.60. The molecule has 0 amide bonds. The predicted octanol–water partition coefficient (Wildman–Crippen LogP) is 3.29. The van der Waals surface area contributed by atoms with Crippen LogP contribution in [-0.4, -0.2) is 18.8 Å². The predicted molar refractivity (Wildman–Crippen MR) is 79.7 cm³/mol. The van der Waals surface area contributed by atoms with E-state index in [4.69, 9.17) is 16.3 Å². The van der Waals surface area contributed by atoms with Crippen LogP contribution in [0.15, 0.2) is 36.4 Å². The summed E-state index contributed by atoms with van der Waals surface area (Å²) in [5.41, 5.74) is 3.47. The molecule has 1 atom stereocenters. The van der Waals surface area contributed by atoms with E-state index < -0.39 is 0 Å². The van der Waals surface area contributed by atoms with Gasteiger partial charge in [0.25, 0.3) is 0 Å². The van der Waals surface area contributed by atoms with Crippen molar-refractivity contribution in [3.05, 3.63) is 58.1 Å².